The lowest BCUT2D eigenvalue weighted by Gasteiger charge is -2.33. The van der Waals surface area contributed by atoms with E-state index in [-0.39, 0.29) is 48.8 Å². The first kappa shape index (κ1) is 50.0. The van der Waals surface area contributed by atoms with Crippen LogP contribution in [0.1, 0.15) is 101 Å². The van der Waals surface area contributed by atoms with E-state index in [2.05, 4.69) is 10.6 Å². The van der Waals surface area contributed by atoms with Crippen molar-refractivity contribution in [3.8, 4) is 0 Å². The van der Waals surface area contributed by atoms with Gasteiger partial charge in [-0.15, -0.1) is 0 Å². The highest BCUT2D eigenvalue weighted by Crippen LogP contribution is 2.24. The number of hydrogen-bond acceptors (Lipinski definition) is 8. The zero-order valence-electron chi connectivity index (χ0n) is 35.8. The quantitative estimate of drug-likeness (QED) is 0.0766. The number of ketones is 1. The minimum Gasteiger partial charge on any atom is -0.449 e. The number of aliphatic hydroxyl groups is 1. The summed E-state index contributed by atoms with van der Waals surface area (Å²) in [5, 5.41) is 16.5. The first-order valence-corrected chi connectivity index (χ1v) is 20.0. The number of Topliss-reactive ketones (excluding diaryl/α,β-unsaturated/α-hetero) is 1. The van der Waals surface area contributed by atoms with Crippen LogP contribution in [0.5, 0.6) is 0 Å². The Morgan fingerprint density at radius 1 is 0.893 bits per heavy atom. The lowest BCUT2D eigenvalue weighted by atomic mass is 9.85. The molecule has 56 heavy (non-hydrogen) atoms. The Morgan fingerprint density at radius 3 is 2.00 bits per heavy atom. The maximum Gasteiger partial charge on any atom is 0.334 e. The average Bonchev–Trinajstić information content (AvgIpc) is 3.15. The normalized spacial score (nSPS) is 16.4. The highest BCUT2D eigenvalue weighted by molar-refractivity contribution is 6.30. The summed E-state index contributed by atoms with van der Waals surface area (Å²) in [6.07, 6.45) is 3.31. The number of benzene rings is 1. The molecule has 1 aromatic rings. The summed E-state index contributed by atoms with van der Waals surface area (Å²) in [4.78, 5) is 82.3. The molecule has 1 rings (SSSR count). The summed E-state index contributed by atoms with van der Waals surface area (Å²) < 4.78 is 5.70. The number of aliphatic hydroxyl groups excluding tert-OH is 1. The number of amides is 4. The van der Waals surface area contributed by atoms with Crippen molar-refractivity contribution in [2.24, 2.45) is 23.7 Å². The molecule has 12 nitrogen and oxygen atoms in total. The van der Waals surface area contributed by atoms with Crippen molar-refractivity contribution in [1.29, 1.82) is 0 Å². The Kier molecular flexibility index (Phi) is 21.3. The number of likely N-dealkylation sites (N-methyl/N-ethyl adjacent to an activating group) is 2. The second-order valence-corrected chi connectivity index (χ2v) is 16.2. The number of ether oxygens (including phenoxy) is 1. The molecule has 0 aliphatic rings. The van der Waals surface area contributed by atoms with E-state index in [1.807, 2.05) is 61.5 Å². The van der Waals surface area contributed by atoms with Gasteiger partial charge in [-0.1, -0.05) is 83.8 Å². The molecule has 1 unspecified atom stereocenters. The van der Waals surface area contributed by atoms with Gasteiger partial charge < -0.3 is 30.3 Å². The summed E-state index contributed by atoms with van der Waals surface area (Å²) in [6.45, 7) is 19.4. The Bertz CT molecular complexity index is 1560. The zero-order chi connectivity index (χ0) is 43.0. The van der Waals surface area contributed by atoms with Gasteiger partial charge in [-0.25, -0.2) is 4.79 Å². The van der Waals surface area contributed by atoms with Gasteiger partial charge in [-0.3, -0.25) is 24.0 Å². The van der Waals surface area contributed by atoms with Crippen LogP contribution in [-0.2, 0) is 39.9 Å². The van der Waals surface area contributed by atoms with E-state index in [0.29, 0.717) is 29.0 Å². The number of carbonyl (C=O) groups excluding carboxylic acids is 6. The van der Waals surface area contributed by atoms with E-state index in [1.165, 1.54) is 37.7 Å². The molecule has 0 heterocycles. The van der Waals surface area contributed by atoms with Crippen LogP contribution in [0, 0.1) is 23.7 Å². The van der Waals surface area contributed by atoms with Crippen molar-refractivity contribution in [3.63, 3.8) is 0 Å². The van der Waals surface area contributed by atoms with E-state index < -0.39 is 59.9 Å². The van der Waals surface area contributed by atoms with Gasteiger partial charge in [0, 0.05) is 31.1 Å². The first-order chi connectivity index (χ1) is 26.0. The molecule has 8 atom stereocenters. The minimum absolute atomic E-state index is 0.0289. The molecule has 1 aromatic carbocycles. The van der Waals surface area contributed by atoms with Crippen molar-refractivity contribution in [2.45, 2.75) is 132 Å². The second-order valence-electron chi connectivity index (χ2n) is 15.7. The third-order valence-corrected chi connectivity index (χ3v) is 10.8. The van der Waals surface area contributed by atoms with Crippen LogP contribution >= 0.6 is 11.6 Å². The summed E-state index contributed by atoms with van der Waals surface area (Å²) in [5.41, 5.74) is 1.91. The van der Waals surface area contributed by atoms with Crippen molar-refractivity contribution in [2.75, 3.05) is 20.6 Å². The highest BCUT2D eigenvalue weighted by Gasteiger charge is 2.35. The monoisotopic (exact) mass is 802 g/mol. The van der Waals surface area contributed by atoms with Gasteiger partial charge in [0.15, 0.2) is 11.9 Å². The third kappa shape index (κ3) is 15.8. The molecule has 3 N–H and O–H groups in total. The summed E-state index contributed by atoms with van der Waals surface area (Å²) >= 11 is 6.09. The van der Waals surface area contributed by atoms with Gasteiger partial charge in [0.25, 0.3) is 5.91 Å². The summed E-state index contributed by atoms with van der Waals surface area (Å²) in [6, 6.07) is 3.91. The number of carbonyl (C=O) groups is 6. The van der Waals surface area contributed by atoms with Crippen LogP contribution in [-0.4, -0.2) is 101 Å². The van der Waals surface area contributed by atoms with Crippen molar-refractivity contribution in [3.05, 3.63) is 58.1 Å². The molecule has 0 saturated carbocycles. The van der Waals surface area contributed by atoms with Crippen LogP contribution in [0.25, 0.3) is 0 Å². The predicted molar refractivity (Wildman–Crippen MR) is 220 cm³/mol. The van der Waals surface area contributed by atoms with Crippen molar-refractivity contribution < 1.29 is 38.6 Å². The molecule has 0 aliphatic heterocycles. The number of halogens is 1. The molecule has 13 heteroatoms. The smallest absolute Gasteiger partial charge is 0.334 e. The minimum atomic E-state index is -1.19. The Morgan fingerprint density at radius 2 is 1.48 bits per heavy atom. The van der Waals surface area contributed by atoms with E-state index >= 15 is 0 Å². The van der Waals surface area contributed by atoms with Gasteiger partial charge in [0.2, 0.25) is 17.7 Å². The number of nitrogens with zero attached hydrogens (tertiary/aromatic N) is 2. The number of hydrogen-bond donors (Lipinski definition) is 3. The average molecular weight is 803 g/mol. The predicted octanol–water partition coefficient (Wildman–Crippen LogP) is 5.69. The van der Waals surface area contributed by atoms with Gasteiger partial charge in [0.1, 0.15) is 12.1 Å². The molecule has 0 saturated heterocycles. The van der Waals surface area contributed by atoms with E-state index in [1.54, 1.807) is 37.3 Å². The topological polar surface area (TPSA) is 162 Å². The van der Waals surface area contributed by atoms with Crippen LogP contribution in [0.4, 0.5) is 0 Å². The van der Waals surface area contributed by atoms with E-state index in [4.69, 9.17) is 16.3 Å². The van der Waals surface area contributed by atoms with Gasteiger partial charge in [-0.2, -0.15) is 0 Å². The van der Waals surface area contributed by atoms with E-state index in [0.717, 1.165) is 5.57 Å². The molecule has 314 valence electrons. The highest BCUT2D eigenvalue weighted by atomic mass is 35.5. The Labute approximate surface area is 339 Å². The fourth-order valence-electron chi connectivity index (χ4n) is 6.12. The molecule has 0 bridgehead atoms. The molecule has 4 amide bonds. The first-order valence-electron chi connectivity index (χ1n) is 19.6. The number of esters is 1. The molecule has 0 radical (unpaired) electrons. The van der Waals surface area contributed by atoms with Gasteiger partial charge >= 0.3 is 5.97 Å². The molecule has 0 aromatic heterocycles. The summed E-state index contributed by atoms with van der Waals surface area (Å²) in [5.74, 6) is -3.26. The molecule has 0 aliphatic carbocycles. The van der Waals surface area contributed by atoms with Crippen molar-refractivity contribution >= 4 is 47.0 Å². The summed E-state index contributed by atoms with van der Waals surface area (Å²) in [7, 11) is 2.90. The van der Waals surface area contributed by atoms with Gasteiger partial charge in [-0.05, 0) is 94.4 Å². The largest absolute Gasteiger partial charge is 0.449 e. The number of rotatable bonds is 22. The molecule has 0 fully saturated rings. The van der Waals surface area contributed by atoms with E-state index in [9.17, 15) is 33.9 Å². The SMILES string of the molecule is C/C=C(\C)[C@@H](O)[C@@H](C)[C@@H](C)C/C=C(\C)C(=O)O[C@H](CC(C)C)C(=O)N[C@@H](C)C(=O)N(C)[C@H](Cc1ccc(Cl)cc1)C(=O)N(C)CC(=O)N[C@H](C(C)=O)C(C)CC. The van der Waals surface area contributed by atoms with Crippen LogP contribution in [0.3, 0.4) is 0 Å². The standard InChI is InChI=1S/C43H67ClN4O8/c1-14-26(5)38(32(11)49)46-37(50)24-47(12)42(54)35(23-33-18-20-34(44)21-19-33)48(13)41(53)31(10)45-40(52)36(22-25(3)4)56-43(55)29(8)17-16-28(7)30(9)39(51)27(6)15-2/h15,17-21,25-26,28,30-31,35-36,38-39,51H,14,16,22-24H2,1-13H3,(H,45,52)(H,46,50)/b27-15+,29-17+/t26?,28-,30-,31-,35+,36+,38-,39+/m0/s1. The maximum absolute atomic E-state index is 14.0. The molecular formula is C43H67ClN4O8. The Hall–Kier alpha value is -4.03. The van der Waals surface area contributed by atoms with Crippen LogP contribution in [0.15, 0.2) is 47.6 Å². The Balaban J connectivity index is 3.20. The lowest BCUT2D eigenvalue weighted by molar-refractivity contribution is -0.154. The number of allylic oxidation sites excluding steroid dienone is 2. The fourth-order valence-corrected chi connectivity index (χ4v) is 6.25. The molecule has 0 spiro atoms. The lowest BCUT2D eigenvalue weighted by Crippen LogP contribution is -2.56. The zero-order valence-corrected chi connectivity index (χ0v) is 36.5. The molecular weight excluding hydrogens is 736 g/mol. The third-order valence-electron chi connectivity index (χ3n) is 10.6. The second kappa shape index (κ2) is 23.9. The van der Waals surface area contributed by atoms with Crippen LogP contribution in [0.2, 0.25) is 5.02 Å². The van der Waals surface area contributed by atoms with Gasteiger partial charge in [0.05, 0.1) is 18.7 Å². The maximum atomic E-state index is 14.0. The van der Waals surface area contributed by atoms with Crippen LogP contribution < -0.4 is 10.6 Å². The fraction of sp³-hybridized carbons (Fsp3) is 0.628. The van der Waals surface area contributed by atoms with Crippen molar-refractivity contribution in [1.82, 2.24) is 20.4 Å². The number of nitrogens with one attached hydrogen (secondary N) is 2.